The maximum absolute atomic E-state index is 11.8. The lowest BCUT2D eigenvalue weighted by molar-refractivity contribution is -0.140. The van der Waals surface area contributed by atoms with E-state index in [2.05, 4.69) is 4.74 Å². The molecule has 1 amide bonds. The van der Waals surface area contributed by atoms with Gasteiger partial charge in [-0.2, -0.15) is 0 Å². The number of aryl methyl sites for hydroxylation is 1. The number of nitrogens with zero attached hydrogens (tertiary/aromatic N) is 1. The first-order valence-electron chi connectivity index (χ1n) is 4.93. The highest BCUT2D eigenvalue weighted by atomic mass is 32.1. The fourth-order valence-corrected chi connectivity index (χ4v) is 2.06. The molecule has 0 saturated heterocycles. The lowest BCUT2D eigenvalue weighted by Crippen LogP contribution is -2.28. The van der Waals surface area contributed by atoms with E-state index in [0.717, 1.165) is 4.88 Å². The fraction of sp³-hybridized carbons (Fsp3) is 0.455. The molecule has 0 aliphatic rings. The zero-order valence-corrected chi connectivity index (χ0v) is 10.5. The van der Waals surface area contributed by atoms with Crippen molar-refractivity contribution in [1.29, 1.82) is 0 Å². The summed E-state index contributed by atoms with van der Waals surface area (Å²) >= 11 is 1.46. The summed E-state index contributed by atoms with van der Waals surface area (Å²) in [4.78, 5) is 26.1. The van der Waals surface area contributed by atoms with Crippen LogP contribution in [0, 0.1) is 6.92 Å². The van der Waals surface area contributed by atoms with Gasteiger partial charge in [0.15, 0.2) is 0 Å². The normalized spacial score (nSPS) is 9.94. The van der Waals surface area contributed by atoms with Crippen molar-refractivity contribution in [3.05, 3.63) is 21.9 Å². The minimum absolute atomic E-state index is 0.0537. The van der Waals surface area contributed by atoms with Gasteiger partial charge < -0.3 is 9.64 Å². The van der Waals surface area contributed by atoms with Crippen molar-refractivity contribution in [2.45, 2.75) is 13.3 Å². The Kier molecular flexibility index (Phi) is 4.49. The Hall–Kier alpha value is -1.36. The number of methoxy groups -OCH3 is 1. The minimum atomic E-state index is -0.304. The van der Waals surface area contributed by atoms with Gasteiger partial charge in [0, 0.05) is 18.5 Å². The predicted octanol–water partition coefficient (Wildman–Crippen LogP) is 1.69. The van der Waals surface area contributed by atoms with Crippen molar-refractivity contribution in [2.75, 3.05) is 20.7 Å². The smallest absolute Gasteiger partial charge is 0.307 e. The first-order chi connectivity index (χ1) is 7.54. The first-order valence-corrected chi connectivity index (χ1v) is 5.75. The van der Waals surface area contributed by atoms with Gasteiger partial charge in [-0.05, 0) is 19.1 Å². The second kappa shape index (κ2) is 5.65. The van der Waals surface area contributed by atoms with E-state index >= 15 is 0 Å². The maximum atomic E-state index is 11.8. The number of hydrogen-bond acceptors (Lipinski definition) is 4. The molecule has 0 unspecified atom stereocenters. The van der Waals surface area contributed by atoms with Crippen LogP contribution in [0.4, 0.5) is 0 Å². The maximum Gasteiger partial charge on any atom is 0.307 e. The second-order valence-electron chi connectivity index (χ2n) is 3.46. The van der Waals surface area contributed by atoms with E-state index in [9.17, 15) is 9.59 Å². The van der Waals surface area contributed by atoms with Gasteiger partial charge in [-0.15, -0.1) is 11.3 Å². The van der Waals surface area contributed by atoms with E-state index < -0.39 is 0 Å². The number of hydrogen-bond donors (Lipinski definition) is 0. The summed E-state index contributed by atoms with van der Waals surface area (Å²) in [5.41, 5.74) is 0. The van der Waals surface area contributed by atoms with E-state index in [-0.39, 0.29) is 18.3 Å². The molecule has 0 aliphatic heterocycles. The van der Waals surface area contributed by atoms with E-state index in [1.54, 1.807) is 13.1 Å². The average molecular weight is 241 g/mol. The third kappa shape index (κ3) is 3.34. The van der Waals surface area contributed by atoms with Crippen LogP contribution in [0.25, 0.3) is 0 Å². The van der Waals surface area contributed by atoms with Gasteiger partial charge in [-0.1, -0.05) is 0 Å². The molecule has 88 valence electrons. The van der Waals surface area contributed by atoms with Crippen molar-refractivity contribution >= 4 is 23.2 Å². The minimum Gasteiger partial charge on any atom is -0.469 e. The summed E-state index contributed by atoms with van der Waals surface area (Å²) in [6, 6.07) is 3.71. The van der Waals surface area contributed by atoms with E-state index in [4.69, 9.17) is 0 Å². The fourth-order valence-electron chi connectivity index (χ4n) is 1.20. The number of esters is 1. The van der Waals surface area contributed by atoms with E-state index in [1.807, 2.05) is 13.0 Å². The van der Waals surface area contributed by atoms with Crippen molar-refractivity contribution in [2.24, 2.45) is 0 Å². The van der Waals surface area contributed by atoms with Crippen LogP contribution in [0.1, 0.15) is 21.0 Å². The molecule has 0 spiro atoms. The molecule has 1 aromatic heterocycles. The van der Waals surface area contributed by atoms with Gasteiger partial charge in [0.1, 0.15) is 0 Å². The lowest BCUT2D eigenvalue weighted by Gasteiger charge is -2.15. The number of rotatable bonds is 4. The van der Waals surface area contributed by atoms with Crippen LogP contribution in [-0.4, -0.2) is 37.5 Å². The van der Waals surface area contributed by atoms with Gasteiger partial charge in [-0.3, -0.25) is 9.59 Å². The monoisotopic (exact) mass is 241 g/mol. The highest BCUT2D eigenvalue weighted by molar-refractivity contribution is 7.13. The molecule has 0 atom stereocenters. The van der Waals surface area contributed by atoms with E-state index in [1.165, 1.54) is 23.3 Å². The molecule has 0 radical (unpaired) electrons. The Morgan fingerprint density at radius 2 is 2.12 bits per heavy atom. The van der Waals surface area contributed by atoms with Crippen molar-refractivity contribution < 1.29 is 14.3 Å². The van der Waals surface area contributed by atoms with Gasteiger partial charge in [0.2, 0.25) is 0 Å². The molecule has 0 aliphatic carbocycles. The SMILES string of the molecule is COC(=O)CCN(C)C(=O)c1ccc(C)s1. The molecule has 5 heteroatoms. The van der Waals surface area contributed by atoms with Crippen LogP contribution in [0.5, 0.6) is 0 Å². The molecule has 0 fully saturated rings. The third-order valence-electron chi connectivity index (χ3n) is 2.18. The van der Waals surface area contributed by atoms with Crippen LogP contribution in [0.2, 0.25) is 0 Å². The van der Waals surface area contributed by atoms with Crippen molar-refractivity contribution in [1.82, 2.24) is 4.90 Å². The van der Waals surface area contributed by atoms with Gasteiger partial charge >= 0.3 is 5.97 Å². The van der Waals surface area contributed by atoms with Crippen LogP contribution in [-0.2, 0) is 9.53 Å². The zero-order valence-electron chi connectivity index (χ0n) is 9.65. The lowest BCUT2D eigenvalue weighted by atomic mass is 10.3. The highest BCUT2D eigenvalue weighted by Crippen LogP contribution is 2.16. The van der Waals surface area contributed by atoms with E-state index in [0.29, 0.717) is 11.4 Å². The zero-order chi connectivity index (χ0) is 12.1. The molecule has 0 saturated carbocycles. The third-order valence-corrected chi connectivity index (χ3v) is 3.17. The van der Waals surface area contributed by atoms with Crippen LogP contribution >= 0.6 is 11.3 Å². The Morgan fingerprint density at radius 1 is 1.44 bits per heavy atom. The van der Waals surface area contributed by atoms with Gasteiger partial charge in [-0.25, -0.2) is 0 Å². The Morgan fingerprint density at radius 3 is 2.62 bits per heavy atom. The molecule has 0 N–H and O–H groups in total. The number of ether oxygens (including phenoxy) is 1. The summed E-state index contributed by atoms with van der Waals surface area (Å²) in [7, 11) is 3.02. The number of thiophene rings is 1. The summed E-state index contributed by atoms with van der Waals surface area (Å²) in [5, 5.41) is 0. The molecular weight excluding hydrogens is 226 g/mol. The first kappa shape index (κ1) is 12.7. The quantitative estimate of drug-likeness (QED) is 0.754. The molecular formula is C11H15NO3S. The van der Waals surface area contributed by atoms with Crippen LogP contribution in [0.3, 0.4) is 0 Å². The van der Waals surface area contributed by atoms with Gasteiger partial charge in [0.05, 0.1) is 18.4 Å². The molecule has 1 heterocycles. The van der Waals surface area contributed by atoms with Crippen LogP contribution < -0.4 is 0 Å². The standard InChI is InChI=1S/C11H15NO3S/c1-8-4-5-9(16-8)11(14)12(2)7-6-10(13)15-3/h4-5H,6-7H2,1-3H3. The topological polar surface area (TPSA) is 46.6 Å². The molecule has 4 nitrogen and oxygen atoms in total. The van der Waals surface area contributed by atoms with Crippen molar-refractivity contribution in [3.8, 4) is 0 Å². The van der Waals surface area contributed by atoms with Crippen LogP contribution in [0.15, 0.2) is 12.1 Å². The molecule has 0 aromatic carbocycles. The largest absolute Gasteiger partial charge is 0.469 e. The Labute approximate surface area is 98.8 Å². The molecule has 1 rings (SSSR count). The number of carbonyl (C=O) groups excluding carboxylic acids is 2. The second-order valence-corrected chi connectivity index (χ2v) is 4.75. The predicted molar refractivity (Wildman–Crippen MR) is 62.6 cm³/mol. The molecule has 1 aromatic rings. The Balaban J connectivity index is 2.51. The molecule has 0 bridgehead atoms. The number of amides is 1. The van der Waals surface area contributed by atoms with Crippen molar-refractivity contribution in [3.63, 3.8) is 0 Å². The number of carbonyl (C=O) groups is 2. The average Bonchev–Trinajstić information content (AvgIpc) is 2.71. The van der Waals surface area contributed by atoms with Gasteiger partial charge in [0.25, 0.3) is 5.91 Å². The highest BCUT2D eigenvalue weighted by Gasteiger charge is 2.14. The Bertz CT molecular complexity index is 386. The molecule has 16 heavy (non-hydrogen) atoms. The summed E-state index contributed by atoms with van der Waals surface area (Å²) in [5.74, 6) is -0.357. The summed E-state index contributed by atoms with van der Waals surface area (Å²) in [6.07, 6.45) is 0.225. The summed E-state index contributed by atoms with van der Waals surface area (Å²) < 4.78 is 4.52. The summed E-state index contributed by atoms with van der Waals surface area (Å²) in [6.45, 7) is 2.33.